The van der Waals surface area contributed by atoms with Crippen molar-refractivity contribution in [2.24, 2.45) is 5.92 Å². The molecule has 0 bridgehead atoms. The highest BCUT2D eigenvalue weighted by Crippen LogP contribution is 2.40. The average Bonchev–Trinajstić information content (AvgIpc) is 2.26. The van der Waals surface area contributed by atoms with Gasteiger partial charge in [-0.05, 0) is 37.7 Å². The number of hydrogen-bond acceptors (Lipinski definition) is 2. The lowest BCUT2D eigenvalue weighted by molar-refractivity contribution is -0.0150. The molecular weight excluding hydrogens is 229 g/mol. The fraction of sp³-hybridized carbons (Fsp3) is 0.583. The number of pyridine rings is 1. The maximum Gasteiger partial charge on any atom is 0.147 e. The molecule has 0 unspecified atom stereocenters. The summed E-state index contributed by atoms with van der Waals surface area (Å²) in [6.45, 7) is 2.15. The molecule has 16 heavy (non-hydrogen) atoms. The SMILES string of the molecule is CC1CCC(O)(c2cc(Cl)ncc2F)CC1. The van der Waals surface area contributed by atoms with E-state index >= 15 is 0 Å². The fourth-order valence-electron chi connectivity index (χ4n) is 2.28. The smallest absolute Gasteiger partial charge is 0.147 e. The molecular formula is C12H15ClFNO. The molecule has 0 saturated heterocycles. The van der Waals surface area contributed by atoms with Crippen LogP contribution in [0.4, 0.5) is 4.39 Å². The number of rotatable bonds is 1. The zero-order chi connectivity index (χ0) is 11.8. The monoisotopic (exact) mass is 243 g/mol. The Bertz CT molecular complexity index is 389. The number of hydrogen-bond donors (Lipinski definition) is 1. The second-order valence-corrected chi connectivity index (χ2v) is 5.09. The Morgan fingerprint density at radius 1 is 1.50 bits per heavy atom. The maximum atomic E-state index is 13.6. The molecule has 1 heterocycles. The van der Waals surface area contributed by atoms with Crippen molar-refractivity contribution in [3.63, 3.8) is 0 Å². The van der Waals surface area contributed by atoms with Gasteiger partial charge in [-0.15, -0.1) is 0 Å². The van der Waals surface area contributed by atoms with Crippen LogP contribution in [0, 0.1) is 11.7 Å². The summed E-state index contributed by atoms with van der Waals surface area (Å²) in [5.74, 6) is 0.127. The number of aromatic nitrogens is 1. The normalized spacial score (nSPS) is 30.4. The fourth-order valence-corrected chi connectivity index (χ4v) is 2.44. The van der Waals surface area contributed by atoms with Crippen molar-refractivity contribution in [1.29, 1.82) is 0 Å². The maximum absolute atomic E-state index is 13.6. The molecule has 2 nitrogen and oxygen atoms in total. The molecule has 0 spiro atoms. The van der Waals surface area contributed by atoms with Gasteiger partial charge in [-0.2, -0.15) is 0 Å². The molecule has 1 aliphatic carbocycles. The lowest BCUT2D eigenvalue weighted by Gasteiger charge is -2.35. The van der Waals surface area contributed by atoms with E-state index in [4.69, 9.17) is 11.6 Å². The van der Waals surface area contributed by atoms with Gasteiger partial charge in [0.05, 0.1) is 11.8 Å². The van der Waals surface area contributed by atoms with E-state index in [0.29, 0.717) is 24.3 Å². The molecule has 0 atom stereocenters. The van der Waals surface area contributed by atoms with Gasteiger partial charge in [-0.25, -0.2) is 9.37 Å². The summed E-state index contributed by atoms with van der Waals surface area (Å²) in [4.78, 5) is 3.66. The van der Waals surface area contributed by atoms with Gasteiger partial charge in [0.2, 0.25) is 0 Å². The molecule has 0 radical (unpaired) electrons. The van der Waals surface area contributed by atoms with E-state index in [-0.39, 0.29) is 5.15 Å². The van der Waals surface area contributed by atoms with Crippen molar-refractivity contribution in [3.05, 3.63) is 28.8 Å². The zero-order valence-electron chi connectivity index (χ0n) is 9.21. The number of aliphatic hydroxyl groups is 1. The van der Waals surface area contributed by atoms with Crippen LogP contribution in [0.2, 0.25) is 5.15 Å². The van der Waals surface area contributed by atoms with Crippen molar-refractivity contribution in [3.8, 4) is 0 Å². The first-order chi connectivity index (χ1) is 7.51. The summed E-state index contributed by atoms with van der Waals surface area (Å²) in [5.41, 5.74) is -0.775. The third kappa shape index (κ3) is 2.20. The molecule has 4 heteroatoms. The Morgan fingerprint density at radius 3 is 2.75 bits per heavy atom. The minimum absolute atomic E-state index is 0.225. The topological polar surface area (TPSA) is 33.1 Å². The van der Waals surface area contributed by atoms with E-state index in [0.717, 1.165) is 19.0 Å². The van der Waals surface area contributed by atoms with Crippen molar-refractivity contribution >= 4 is 11.6 Å². The standard InChI is InChI=1S/C12H15ClFNO/c1-8-2-4-12(16,5-3-8)9-6-11(13)15-7-10(9)14/h6-8,16H,2-5H2,1H3. The van der Waals surface area contributed by atoms with Gasteiger partial charge >= 0.3 is 0 Å². The van der Waals surface area contributed by atoms with E-state index < -0.39 is 11.4 Å². The molecule has 1 saturated carbocycles. The summed E-state index contributed by atoms with van der Waals surface area (Å²) >= 11 is 5.74. The highest BCUT2D eigenvalue weighted by Gasteiger charge is 2.35. The van der Waals surface area contributed by atoms with Gasteiger partial charge in [-0.3, -0.25) is 0 Å². The third-order valence-corrected chi connectivity index (χ3v) is 3.63. The van der Waals surface area contributed by atoms with Crippen molar-refractivity contribution in [1.82, 2.24) is 4.98 Å². The Balaban J connectivity index is 2.32. The molecule has 0 amide bonds. The summed E-state index contributed by atoms with van der Waals surface area (Å²) in [7, 11) is 0. The number of nitrogens with zero attached hydrogens (tertiary/aromatic N) is 1. The largest absolute Gasteiger partial charge is 0.385 e. The third-order valence-electron chi connectivity index (χ3n) is 3.42. The van der Waals surface area contributed by atoms with Crippen LogP contribution >= 0.6 is 11.6 Å². The first kappa shape index (κ1) is 11.8. The summed E-state index contributed by atoms with van der Waals surface area (Å²) in [5, 5.41) is 10.7. The van der Waals surface area contributed by atoms with Gasteiger partial charge in [0, 0.05) is 5.56 Å². The quantitative estimate of drug-likeness (QED) is 0.768. The van der Waals surface area contributed by atoms with Crippen LogP contribution in [0.1, 0.15) is 38.2 Å². The molecule has 2 rings (SSSR count). The van der Waals surface area contributed by atoms with Crippen molar-refractivity contribution in [2.75, 3.05) is 0 Å². The molecule has 0 aromatic carbocycles. The molecule has 1 aromatic heterocycles. The lowest BCUT2D eigenvalue weighted by atomic mass is 9.76. The second-order valence-electron chi connectivity index (χ2n) is 4.70. The predicted octanol–water partition coefficient (Wildman–Crippen LogP) is 3.27. The van der Waals surface area contributed by atoms with Crippen LogP contribution in [0.3, 0.4) is 0 Å². The second kappa shape index (κ2) is 4.30. The van der Waals surface area contributed by atoms with Gasteiger partial charge < -0.3 is 5.11 Å². The van der Waals surface area contributed by atoms with Crippen LogP contribution in [0.5, 0.6) is 0 Å². The molecule has 1 aliphatic rings. The highest BCUT2D eigenvalue weighted by molar-refractivity contribution is 6.29. The van der Waals surface area contributed by atoms with Crippen LogP contribution in [0.25, 0.3) is 0 Å². The van der Waals surface area contributed by atoms with Gasteiger partial charge in [-0.1, -0.05) is 18.5 Å². The van der Waals surface area contributed by atoms with Crippen molar-refractivity contribution < 1.29 is 9.50 Å². The van der Waals surface area contributed by atoms with Gasteiger partial charge in [0.15, 0.2) is 0 Å². The first-order valence-corrected chi connectivity index (χ1v) is 5.93. The molecule has 1 fully saturated rings. The van der Waals surface area contributed by atoms with Gasteiger partial charge in [0.25, 0.3) is 0 Å². The lowest BCUT2D eigenvalue weighted by Crippen LogP contribution is -2.32. The van der Waals surface area contributed by atoms with Crippen LogP contribution < -0.4 is 0 Å². The average molecular weight is 244 g/mol. The molecule has 1 N–H and O–H groups in total. The first-order valence-electron chi connectivity index (χ1n) is 5.55. The van der Waals surface area contributed by atoms with Crippen LogP contribution in [-0.4, -0.2) is 10.1 Å². The number of halogens is 2. The van der Waals surface area contributed by atoms with E-state index in [1.807, 2.05) is 0 Å². The van der Waals surface area contributed by atoms with Crippen LogP contribution in [0.15, 0.2) is 12.3 Å². The molecule has 1 aromatic rings. The minimum atomic E-state index is -1.07. The van der Waals surface area contributed by atoms with Gasteiger partial charge in [0.1, 0.15) is 11.0 Å². The van der Waals surface area contributed by atoms with Crippen molar-refractivity contribution in [2.45, 2.75) is 38.2 Å². The summed E-state index contributed by atoms with van der Waals surface area (Å²) < 4.78 is 13.6. The Morgan fingerprint density at radius 2 is 2.12 bits per heavy atom. The summed E-state index contributed by atoms with van der Waals surface area (Å²) in [6, 6.07) is 1.44. The summed E-state index contributed by atoms with van der Waals surface area (Å²) in [6.07, 6.45) is 4.08. The van der Waals surface area contributed by atoms with E-state index in [1.54, 1.807) is 0 Å². The minimum Gasteiger partial charge on any atom is -0.385 e. The predicted molar refractivity (Wildman–Crippen MR) is 60.7 cm³/mol. The molecule has 88 valence electrons. The highest BCUT2D eigenvalue weighted by atomic mass is 35.5. The Kier molecular flexibility index (Phi) is 3.17. The molecule has 0 aliphatic heterocycles. The van der Waals surface area contributed by atoms with Crippen LogP contribution in [-0.2, 0) is 5.60 Å². The van der Waals surface area contributed by atoms with E-state index in [2.05, 4.69) is 11.9 Å². The van der Waals surface area contributed by atoms with E-state index in [1.165, 1.54) is 6.07 Å². The zero-order valence-corrected chi connectivity index (χ0v) is 9.97. The Labute approximate surface area is 99.5 Å². The Hall–Kier alpha value is -0.670. The van der Waals surface area contributed by atoms with E-state index in [9.17, 15) is 9.50 Å².